The summed E-state index contributed by atoms with van der Waals surface area (Å²) in [5.41, 5.74) is 0. The van der Waals surface area contributed by atoms with Gasteiger partial charge in [-0.3, -0.25) is 0 Å². The maximum atomic E-state index is 3.80. The second-order valence-electron chi connectivity index (χ2n) is 5.32. The minimum atomic E-state index is 0.772. The van der Waals surface area contributed by atoms with Crippen molar-refractivity contribution in [1.29, 1.82) is 0 Å². The molecule has 0 bridgehead atoms. The first-order chi connectivity index (χ1) is 6.18. The zero-order valence-electron chi connectivity index (χ0n) is 9.22. The van der Waals surface area contributed by atoms with Gasteiger partial charge in [0.25, 0.3) is 0 Å². The van der Waals surface area contributed by atoms with Crippen LogP contribution in [0.3, 0.4) is 0 Å². The van der Waals surface area contributed by atoms with E-state index in [0.717, 1.165) is 29.8 Å². The van der Waals surface area contributed by atoms with Crippen LogP contribution in [0.15, 0.2) is 0 Å². The van der Waals surface area contributed by atoms with Gasteiger partial charge < -0.3 is 5.32 Å². The predicted octanol–water partition coefficient (Wildman–Crippen LogP) is 2.81. The van der Waals surface area contributed by atoms with Crippen molar-refractivity contribution in [2.75, 3.05) is 0 Å². The summed E-state index contributed by atoms with van der Waals surface area (Å²) in [6, 6.07) is 1.60. The van der Waals surface area contributed by atoms with Crippen molar-refractivity contribution in [3.05, 3.63) is 0 Å². The Morgan fingerprint density at radius 2 is 1.92 bits per heavy atom. The van der Waals surface area contributed by atoms with E-state index in [1.165, 1.54) is 25.7 Å². The van der Waals surface area contributed by atoms with Crippen LogP contribution < -0.4 is 5.32 Å². The molecule has 0 aliphatic heterocycles. The Morgan fingerprint density at radius 1 is 1.23 bits per heavy atom. The van der Waals surface area contributed by atoms with Gasteiger partial charge in [0.1, 0.15) is 0 Å². The van der Waals surface area contributed by atoms with Crippen LogP contribution >= 0.6 is 0 Å². The van der Waals surface area contributed by atoms with Crippen molar-refractivity contribution >= 4 is 0 Å². The van der Waals surface area contributed by atoms with E-state index in [1.54, 1.807) is 0 Å². The summed E-state index contributed by atoms with van der Waals surface area (Å²) in [5, 5.41) is 3.80. The van der Waals surface area contributed by atoms with E-state index in [0.29, 0.717) is 0 Å². The Hall–Kier alpha value is -0.0400. The molecule has 0 radical (unpaired) electrons. The van der Waals surface area contributed by atoms with Crippen molar-refractivity contribution in [2.45, 2.75) is 58.5 Å². The quantitative estimate of drug-likeness (QED) is 0.706. The molecule has 0 spiro atoms. The molecule has 76 valence electrons. The highest BCUT2D eigenvalue weighted by Crippen LogP contribution is 2.36. The second kappa shape index (κ2) is 3.61. The van der Waals surface area contributed by atoms with Crippen LogP contribution in [0.25, 0.3) is 0 Å². The minimum Gasteiger partial charge on any atom is -0.311 e. The van der Waals surface area contributed by atoms with Crippen LogP contribution in [0.5, 0.6) is 0 Å². The highest BCUT2D eigenvalue weighted by atomic mass is 15.0. The lowest BCUT2D eigenvalue weighted by Crippen LogP contribution is -2.53. The summed E-state index contributed by atoms with van der Waals surface area (Å²) in [5.74, 6) is 2.84. The molecule has 4 atom stereocenters. The zero-order chi connectivity index (χ0) is 9.42. The van der Waals surface area contributed by atoms with Crippen molar-refractivity contribution in [1.82, 2.24) is 5.32 Å². The first-order valence-corrected chi connectivity index (χ1v) is 5.94. The van der Waals surface area contributed by atoms with Crippen LogP contribution in [0, 0.1) is 17.8 Å². The number of hydrogen-bond acceptors (Lipinski definition) is 1. The van der Waals surface area contributed by atoms with E-state index in [2.05, 4.69) is 26.1 Å². The third-order valence-electron chi connectivity index (χ3n) is 4.49. The SMILES string of the molecule is CC1CC(N[C@@H](C)C2CCC2)C1C. The van der Waals surface area contributed by atoms with Crippen molar-refractivity contribution < 1.29 is 0 Å². The van der Waals surface area contributed by atoms with E-state index in [-0.39, 0.29) is 0 Å². The molecular formula is C12H23N. The monoisotopic (exact) mass is 181 g/mol. The summed E-state index contributed by atoms with van der Waals surface area (Å²) in [7, 11) is 0. The van der Waals surface area contributed by atoms with Gasteiger partial charge in [-0.2, -0.15) is 0 Å². The summed E-state index contributed by atoms with van der Waals surface area (Å²) in [6.07, 6.45) is 5.79. The van der Waals surface area contributed by atoms with Crippen LogP contribution in [0.2, 0.25) is 0 Å². The molecule has 0 amide bonds. The Kier molecular flexibility index (Phi) is 2.64. The second-order valence-corrected chi connectivity index (χ2v) is 5.32. The van der Waals surface area contributed by atoms with Gasteiger partial charge in [-0.05, 0) is 43.9 Å². The number of nitrogens with one attached hydrogen (secondary N) is 1. The Labute approximate surface area is 82.3 Å². The maximum Gasteiger partial charge on any atom is 0.0100 e. The largest absolute Gasteiger partial charge is 0.311 e. The van der Waals surface area contributed by atoms with Crippen LogP contribution in [-0.2, 0) is 0 Å². The van der Waals surface area contributed by atoms with Gasteiger partial charge in [-0.1, -0.05) is 20.3 Å². The van der Waals surface area contributed by atoms with Gasteiger partial charge in [-0.15, -0.1) is 0 Å². The van der Waals surface area contributed by atoms with E-state index in [9.17, 15) is 0 Å². The summed E-state index contributed by atoms with van der Waals surface area (Å²) in [6.45, 7) is 7.13. The molecule has 2 saturated carbocycles. The summed E-state index contributed by atoms with van der Waals surface area (Å²) >= 11 is 0. The highest BCUT2D eigenvalue weighted by molar-refractivity contribution is 4.92. The van der Waals surface area contributed by atoms with Gasteiger partial charge in [0.2, 0.25) is 0 Å². The third kappa shape index (κ3) is 1.76. The predicted molar refractivity (Wildman–Crippen MR) is 56.7 cm³/mol. The average molecular weight is 181 g/mol. The molecule has 1 nitrogen and oxygen atoms in total. The van der Waals surface area contributed by atoms with Gasteiger partial charge in [0.05, 0.1) is 0 Å². The van der Waals surface area contributed by atoms with Crippen molar-refractivity contribution in [3.63, 3.8) is 0 Å². The van der Waals surface area contributed by atoms with Crippen LogP contribution in [0.1, 0.15) is 46.5 Å². The topological polar surface area (TPSA) is 12.0 Å². The van der Waals surface area contributed by atoms with E-state index < -0.39 is 0 Å². The zero-order valence-corrected chi connectivity index (χ0v) is 9.22. The summed E-state index contributed by atoms with van der Waals surface area (Å²) < 4.78 is 0. The molecule has 0 aromatic rings. The molecule has 2 rings (SSSR count). The third-order valence-corrected chi connectivity index (χ3v) is 4.49. The molecule has 2 aliphatic rings. The smallest absolute Gasteiger partial charge is 0.0100 e. The van der Waals surface area contributed by atoms with Crippen molar-refractivity contribution in [3.8, 4) is 0 Å². The fraction of sp³-hybridized carbons (Fsp3) is 1.00. The Bertz CT molecular complexity index is 172. The van der Waals surface area contributed by atoms with Crippen molar-refractivity contribution in [2.24, 2.45) is 17.8 Å². The lowest BCUT2D eigenvalue weighted by atomic mass is 9.70. The highest BCUT2D eigenvalue weighted by Gasteiger charge is 2.36. The molecular weight excluding hydrogens is 158 g/mol. The number of rotatable bonds is 3. The molecule has 3 unspecified atom stereocenters. The van der Waals surface area contributed by atoms with Gasteiger partial charge in [0, 0.05) is 12.1 Å². The maximum absolute atomic E-state index is 3.80. The van der Waals surface area contributed by atoms with E-state index in [4.69, 9.17) is 0 Å². The van der Waals surface area contributed by atoms with Gasteiger partial charge in [0.15, 0.2) is 0 Å². The normalized spacial score (nSPS) is 42.2. The first kappa shape index (κ1) is 9.51. The first-order valence-electron chi connectivity index (χ1n) is 5.94. The molecule has 0 aromatic heterocycles. The molecule has 0 heterocycles. The van der Waals surface area contributed by atoms with Gasteiger partial charge in [-0.25, -0.2) is 0 Å². The fourth-order valence-electron chi connectivity index (χ4n) is 2.66. The summed E-state index contributed by atoms with van der Waals surface area (Å²) in [4.78, 5) is 0. The Balaban J connectivity index is 1.72. The molecule has 13 heavy (non-hydrogen) atoms. The lowest BCUT2D eigenvalue weighted by Gasteiger charge is -2.45. The van der Waals surface area contributed by atoms with Gasteiger partial charge >= 0.3 is 0 Å². The molecule has 0 aromatic carbocycles. The van der Waals surface area contributed by atoms with Crippen LogP contribution in [0.4, 0.5) is 0 Å². The Morgan fingerprint density at radius 3 is 2.31 bits per heavy atom. The molecule has 1 N–H and O–H groups in total. The minimum absolute atomic E-state index is 0.772. The fourth-order valence-corrected chi connectivity index (χ4v) is 2.66. The number of hydrogen-bond donors (Lipinski definition) is 1. The molecule has 1 heteroatoms. The standard InChI is InChI=1S/C12H23N/c1-8-7-12(9(8)2)13-10(3)11-5-4-6-11/h8-13H,4-7H2,1-3H3/t8?,9?,10-,12?/m0/s1. The molecule has 0 saturated heterocycles. The van der Waals surface area contributed by atoms with E-state index >= 15 is 0 Å². The average Bonchev–Trinajstić information content (AvgIpc) is 2.00. The molecule has 2 aliphatic carbocycles. The van der Waals surface area contributed by atoms with E-state index in [1.807, 2.05) is 0 Å². The van der Waals surface area contributed by atoms with Crippen LogP contribution in [-0.4, -0.2) is 12.1 Å². The lowest BCUT2D eigenvalue weighted by molar-refractivity contribution is 0.104. The molecule has 2 fully saturated rings.